The van der Waals surface area contributed by atoms with Crippen LogP contribution in [0.4, 0.5) is 11.5 Å². The second-order valence-corrected chi connectivity index (χ2v) is 5.27. The Balaban J connectivity index is 2.03. The molecule has 1 aliphatic rings. The summed E-state index contributed by atoms with van der Waals surface area (Å²) in [5.41, 5.74) is 10.5. The fourth-order valence-electron chi connectivity index (χ4n) is 2.75. The normalized spacial score (nSPS) is 15.7. The molecule has 4 nitrogen and oxygen atoms in total. The lowest BCUT2D eigenvalue weighted by atomic mass is 10.0. The lowest BCUT2D eigenvalue weighted by Gasteiger charge is -2.30. The van der Waals surface area contributed by atoms with Crippen molar-refractivity contribution in [3.63, 3.8) is 0 Å². The Hall–Kier alpha value is -1.97. The van der Waals surface area contributed by atoms with E-state index in [9.17, 15) is 0 Å². The summed E-state index contributed by atoms with van der Waals surface area (Å²) >= 11 is 0. The largest absolute Gasteiger partial charge is 0.382 e. The predicted octanol–water partition coefficient (Wildman–Crippen LogP) is 2.96. The van der Waals surface area contributed by atoms with Gasteiger partial charge in [-0.2, -0.15) is 5.10 Å². The Morgan fingerprint density at radius 3 is 2.63 bits per heavy atom. The van der Waals surface area contributed by atoms with Crippen LogP contribution < -0.4 is 10.6 Å². The van der Waals surface area contributed by atoms with E-state index >= 15 is 0 Å². The smallest absolute Gasteiger partial charge is 0.145 e. The van der Waals surface area contributed by atoms with Gasteiger partial charge >= 0.3 is 0 Å². The average molecular weight is 256 g/mol. The first-order valence-corrected chi connectivity index (χ1v) is 6.91. The second kappa shape index (κ2) is 4.96. The average Bonchev–Trinajstić information content (AvgIpc) is 2.86. The number of nitrogens with one attached hydrogen (secondary N) is 1. The van der Waals surface area contributed by atoms with Crippen LogP contribution in [-0.2, 0) is 0 Å². The molecule has 1 saturated heterocycles. The first-order chi connectivity index (χ1) is 9.24. The Labute approximate surface area is 113 Å². The molecule has 2 heterocycles. The molecule has 1 aromatic heterocycles. The van der Waals surface area contributed by atoms with Crippen LogP contribution in [-0.4, -0.2) is 23.3 Å². The molecule has 19 heavy (non-hydrogen) atoms. The number of nitrogens with two attached hydrogens (primary N) is 1. The van der Waals surface area contributed by atoms with Gasteiger partial charge in [-0.1, -0.05) is 11.6 Å². The van der Waals surface area contributed by atoms with Crippen LogP contribution in [0, 0.1) is 6.92 Å². The molecule has 3 N–H and O–H groups in total. The minimum Gasteiger partial charge on any atom is -0.382 e. The fraction of sp³-hybridized carbons (Fsp3) is 0.400. The molecule has 2 aromatic rings. The lowest BCUT2D eigenvalue weighted by Crippen LogP contribution is -2.29. The van der Waals surface area contributed by atoms with E-state index in [1.807, 2.05) is 6.07 Å². The zero-order valence-corrected chi connectivity index (χ0v) is 11.3. The Morgan fingerprint density at radius 2 is 1.95 bits per heavy atom. The molecule has 0 amide bonds. The van der Waals surface area contributed by atoms with Gasteiger partial charge in [0.1, 0.15) is 5.82 Å². The van der Waals surface area contributed by atoms with Gasteiger partial charge < -0.3 is 10.6 Å². The van der Waals surface area contributed by atoms with E-state index in [2.05, 4.69) is 40.2 Å². The van der Waals surface area contributed by atoms with Crippen molar-refractivity contribution in [1.82, 2.24) is 10.2 Å². The van der Waals surface area contributed by atoms with Gasteiger partial charge in [-0.15, -0.1) is 0 Å². The standard InChI is InChI=1S/C15H20N4/c1-11-5-6-14(19-7-3-2-4-8-19)12(9-11)13-10-15(16)18-17-13/h5-6,9-10H,2-4,7-8H2,1H3,(H3,16,17,18). The highest BCUT2D eigenvalue weighted by Gasteiger charge is 2.16. The summed E-state index contributed by atoms with van der Waals surface area (Å²) in [4.78, 5) is 2.47. The fourth-order valence-corrected chi connectivity index (χ4v) is 2.75. The molecule has 0 atom stereocenters. The summed E-state index contributed by atoms with van der Waals surface area (Å²) in [6.07, 6.45) is 3.89. The molecule has 0 bridgehead atoms. The molecular weight excluding hydrogens is 236 g/mol. The number of nitrogens with zero attached hydrogens (tertiary/aromatic N) is 2. The zero-order chi connectivity index (χ0) is 13.2. The quantitative estimate of drug-likeness (QED) is 0.868. The number of hydrogen-bond donors (Lipinski definition) is 2. The van der Waals surface area contributed by atoms with E-state index in [4.69, 9.17) is 5.73 Å². The third-order valence-corrected chi connectivity index (χ3v) is 3.74. The predicted molar refractivity (Wildman–Crippen MR) is 79.2 cm³/mol. The van der Waals surface area contributed by atoms with Gasteiger partial charge in [0, 0.05) is 30.4 Å². The third kappa shape index (κ3) is 2.43. The Morgan fingerprint density at radius 1 is 1.16 bits per heavy atom. The molecule has 0 aliphatic carbocycles. The van der Waals surface area contributed by atoms with E-state index in [-0.39, 0.29) is 0 Å². The highest BCUT2D eigenvalue weighted by Crippen LogP contribution is 2.32. The minimum atomic E-state index is 0.543. The molecule has 0 radical (unpaired) electrons. The number of H-pyrrole nitrogens is 1. The van der Waals surface area contributed by atoms with Crippen molar-refractivity contribution in [2.24, 2.45) is 0 Å². The van der Waals surface area contributed by atoms with Gasteiger partial charge in [0.2, 0.25) is 0 Å². The molecule has 100 valence electrons. The van der Waals surface area contributed by atoms with E-state index < -0.39 is 0 Å². The number of hydrogen-bond acceptors (Lipinski definition) is 3. The van der Waals surface area contributed by atoms with Gasteiger partial charge in [-0.25, -0.2) is 0 Å². The maximum absolute atomic E-state index is 5.73. The monoisotopic (exact) mass is 256 g/mol. The van der Waals surface area contributed by atoms with Gasteiger partial charge in [-0.05, 0) is 38.3 Å². The molecule has 0 spiro atoms. The molecule has 0 saturated carbocycles. The van der Waals surface area contributed by atoms with Gasteiger partial charge in [0.15, 0.2) is 0 Å². The summed E-state index contributed by atoms with van der Waals surface area (Å²) in [6, 6.07) is 8.50. The van der Waals surface area contributed by atoms with E-state index in [1.54, 1.807) is 0 Å². The van der Waals surface area contributed by atoms with Crippen molar-refractivity contribution in [3.05, 3.63) is 29.8 Å². The summed E-state index contributed by atoms with van der Waals surface area (Å²) < 4.78 is 0. The minimum absolute atomic E-state index is 0.543. The van der Waals surface area contributed by atoms with Crippen LogP contribution >= 0.6 is 0 Å². The van der Waals surface area contributed by atoms with Crippen molar-refractivity contribution >= 4 is 11.5 Å². The first kappa shape index (κ1) is 12.1. The number of aryl methyl sites for hydroxylation is 1. The Kier molecular flexibility index (Phi) is 3.15. The van der Waals surface area contributed by atoms with Crippen molar-refractivity contribution in [3.8, 4) is 11.3 Å². The van der Waals surface area contributed by atoms with Crippen LogP contribution in [0.15, 0.2) is 24.3 Å². The molecule has 1 fully saturated rings. The molecule has 0 unspecified atom stereocenters. The lowest BCUT2D eigenvalue weighted by molar-refractivity contribution is 0.578. The topological polar surface area (TPSA) is 57.9 Å². The highest BCUT2D eigenvalue weighted by molar-refractivity contribution is 5.78. The highest BCUT2D eigenvalue weighted by atomic mass is 15.2. The van der Waals surface area contributed by atoms with Crippen molar-refractivity contribution < 1.29 is 0 Å². The number of benzene rings is 1. The van der Waals surface area contributed by atoms with Crippen LogP contribution in [0.2, 0.25) is 0 Å². The van der Waals surface area contributed by atoms with Crippen molar-refractivity contribution in [1.29, 1.82) is 0 Å². The van der Waals surface area contributed by atoms with Crippen LogP contribution in [0.3, 0.4) is 0 Å². The number of rotatable bonds is 2. The van der Waals surface area contributed by atoms with Gasteiger partial charge in [0.25, 0.3) is 0 Å². The molecule has 1 aromatic carbocycles. The molecule has 1 aliphatic heterocycles. The first-order valence-electron chi connectivity index (χ1n) is 6.91. The van der Waals surface area contributed by atoms with Crippen LogP contribution in [0.25, 0.3) is 11.3 Å². The summed E-state index contributed by atoms with van der Waals surface area (Å²) in [6.45, 7) is 4.39. The van der Waals surface area contributed by atoms with Gasteiger partial charge in [-0.3, -0.25) is 5.10 Å². The summed E-state index contributed by atoms with van der Waals surface area (Å²) in [7, 11) is 0. The maximum Gasteiger partial charge on any atom is 0.145 e. The van der Waals surface area contributed by atoms with Crippen LogP contribution in [0.1, 0.15) is 24.8 Å². The second-order valence-electron chi connectivity index (χ2n) is 5.27. The van der Waals surface area contributed by atoms with E-state index in [1.165, 1.54) is 36.1 Å². The summed E-state index contributed by atoms with van der Waals surface area (Å²) in [5.74, 6) is 0.543. The number of nitrogen functional groups attached to an aromatic ring is 1. The maximum atomic E-state index is 5.73. The number of piperidine rings is 1. The molecule has 4 heteroatoms. The number of aromatic nitrogens is 2. The van der Waals surface area contributed by atoms with Gasteiger partial charge in [0.05, 0.1) is 5.69 Å². The molecule has 3 rings (SSSR count). The molecular formula is C15H20N4. The zero-order valence-electron chi connectivity index (χ0n) is 11.3. The summed E-state index contributed by atoms with van der Waals surface area (Å²) in [5, 5.41) is 7.07. The number of aromatic amines is 1. The number of anilines is 2. The van der Waals surface area contributed by atoms with Crippen molar-refractivity contribution in [2.45, 2.75) is 26.2 Å². The van der Waals surface area contributed by atoms with E-state index in [0.29, 0.717) is 5.82 Å². The van der Waals surface area contributed by atoms with Crippen molar-refractivity contribution in [2.75, 3.05) is 23.7 Å². The SMILES string of the molecule is Cc1ccc(N2CCCCC2)c(-c2cc(N)n[nH]2)c1. The van der Waals surface area contributed by atoms with E-state index in [0.717, 1.165) is 18.8 Å². The van der Waals surface area contributed by atoms with Crippen LogP contribution in [0.5, 0.6) is 0 Å². The third-order valence-electron chi connectivity index (χ3n) is 3.74. The Bertz CT molecular complexity index is 567.